The van der Waals surface area contributed by atoms with E-state index in [9.17, 15) is 0 Å². The van der Waals surface area contributed by atoms with Gasteiger partial charge in [0.15, 0.2) is 5.96 Å². The van der Waals surface area contributed by atoms with Gasteiger partial charge < -0.3 is 10.6 Å². The SMILES string of the molecule is C=CCN1C(N)=NCC1(C)c1ccccn1. The molecule has 0 spiro atoms. The van der Waals surface area contributed by atoms with E-state index in [1.54, 1.807) is 6.20 Å². The maximum absolute atomic E-state index is 5.88. The Hall–Kier alpha value is -1.84. The quantitative estimate of drug-likeness (QED) is 0.770. The van der Waals surface area contributed by atoms with E-state index in [0.29, 0.717) is 19.0 Å². The third-order valence-electron chi connectivity index (χ3n) is 2.95. The van der Waals surface area contributed by atoms with Crippen LogP contribution in [0.15, 0.2) is 42.0 Å². The van der Waals surface area contributed by atoms with Crippen molar-refractivity contribution in [3.8, 4) is 0 Å². The summed E-state index contributed by atoms with van der Waals surface area (Å²) in [5.41, 5.74) is 6.61. The summed E-state index contributed by atoms with van der Waals surface area (Å²) in [6, 6.07) is 5.89. The van der Waals surface area contributed by atoms with Gasteiger partial charge in [-0.2, -0.15) is 0 Å². The molecule has 0 fully saturated rings. The number of guanidine groups is 1. The Bertz CT molecular complexity index is 412. The van der Waals surface area contributed by atoms with Crippen LogP contribution in [0.1, 0.15) is 12.6 Å². The molecule has 16 heavy (non-hydrogen) atoms. The van der Waals surface area contributed by atoms with E-state index in [4.69, 9.17) is 5.73 Å². The van der Waals surface area contributed by atoms with Crippen molar-refractivity contribution in [3.05, 3.63) is 42.7 Å². The highest BCUT2D eigenvalue weighted by molar-refractivity contribution is 5.81. The van der Waals surface area contributed by atoms with Crippen molar-refractivity contribution >= 4 is 5.96 Å². The lowest BCUT2D eigenvalue weighted by molar-refractivity contribution is 0.238. The van der Waals surface area contributed by atoms with Crippen LogP contribution in [0.25, 0.3) is 0 Å². The first-order valence-corrected chi connectivity index (χ1v) is 5.28. The van der Waals surface area contributed by atoms with E-state index >= 15 is 0 Å². The fourth-order valence-electron chi connectivity index (χ4n) is 1.98. The number of hydrogen-bond donors (Lipinski definition) is 1. The predicted molar refractivity (Wildman–Crippen MR) is 65.0 cm³/mol. The molecule has 1 unspecified atom stereocenters. The minimum absolute atomic E-state index is 0.250. The number of aliphatic imine (C=N–C) groups is 1. The fraction of sp³-hybridized carbons (Fsp3) is 0.333. The molecular weight excluding hydrogens is 200 g/mol. The van der Waals surface area contributed by atoms with Crippen LogP contribution in [0, 0.1) is 0 Å². The van der Waals surface area contributed by atoms with Gasteiger partial charge in [-0.25, -0.2) is 0 Å². The van der Waals surface area contributed by atoms with Gasteiger partial charge in [0.25, 0.3) is 0 Å². The van der Waals surface area contributed by atoms with Crippen LogP contribution in [0.4, 0.5) is 0 Å². The van der Waals surface area contributed by atoms with Gasteiger partial charge in [-0.15, -0.1) is 6.58 Å². The zero-order valence-corrected chi connectivity index (χ0v) is 9.43. The molecule has 1 atom stereocenters. The molecule has 1 aromatic rings. The Kier molecular flexibility index (Phi) is 2.64. The van der Waals surface area contributed by atoms with Crippen LogP contribution < -0.4 is 5.73 Å². The molecule has 1 aliphatic rings. The molecule has 0 aliphatic carbocycles. The summed E-state index contributed by atoms with van der Waals surface area (Å²) >= 11 is 0. The summed E-state index contributed by atoms with van der Waals surface area (Å²) in [7, 11) is 0. The summed E-state index contributed by atoms with van der Waals surface area (Å²) in [4.78, 5) is 10.7. The monoisotopic (exact) mass is 216 g/mol. The Morgan fingerprint density at radius 1 is 1.62 bits per heavy atom. The Morgan fingerprint density at radius 2 is 2.44 bits per heavy atom. The van der Waals surface area contributed by atoms with E-state index in [2.05, 4.69) is 23.5 Å². The minimum atomic E-state index is -0.250. The highest BCUT2D eigenvalue weighted by Crippen LogP contribution is 2.30. The second kappa shape index (κ2) is 3.96. The lowest BCUT2D eigenvalue weighted by Crippen LogP contribution is -2.47. The van der Waals surface area contributed by atoms with Gasteiger partial charge >= 0.3 is 0 Å². The van der Waals surface area contributed by atoms with Gasteiger partial charge in [0.2, 0.25) is 0 Å². The molecule has 1 aromatic heterocycles. The highest BCUT2D eigenvalue weighted by Gasteiger charge is 2.39. The smallest absolute Gasteiger partial charge is 0.192 e. The van der Waals surface area contributed by atoms with Crippen LogP contribution in [-0.4, -0.2) is 28.9 Å². The third kappa shape index (κ3) is 1.56. The first-order valence-electron chi connectivity index (χ1n) is 5.28. The molecule has 0 aromatic carbocycles. The second-order valence-electron chi connectivity index (χ2n) is 4.06. The zero-order valence-electron chi connectivity index (χ0n) is 9.43. The van der Waals surface area contributed by atoms with Crippen molar-refractivity contribution in [3.63, 3.8) is 0 Å². The maximum Gasteiger partial charge on any atom is 0.192 e. The second-order valence-corrected chi connectivity index (χ2v) is 4.06. The van der Waals surface area contributed by atoms with E-state index in [1.807, 2.05) is 29.2 Å². The largest absolute Gasteiger partial charge is 0.370 e. The number of hydrogen-bond acceptors (Lipinski definition) is 4. The van der Waals surface area contributed by atoms with E-state index in [-0.39, 0.29) is 5.54 Å². The molecule has 2 rings (SSSR count). The topological polar surface area (TPSA) is 54.5 Å². The van der Waals surface area contributed by atoms with Crippen LogP contribution in [0.2, 0.25) is 0 Å². The number of aromatic nitrogens is 1. The van der Waals surface area contributed by atoms with Crippen LogP contribution in [0.3, 0.4) is 0 Å². The molecule has 0 saturated heterocycles. The maximum atomic E-state index is 5.88. The molecule has 0 saturated carbocycles. The molecule has 0 bridgehead atoms. The molecule has 4 heteroatoms. The standard InChI is InChI=1S/C12H16N4/c1-3-8-16-11(13)15-9-12(16,2)10-6-4-5-7-14-10/h3-7H,1,8-9H2,2H3,(H2,13,15). The highest BCUT2D eigenvalue weighted by atomic mass is 15.4. The molecule has 0 amide bonds. The van der Waals surface area contributed by atoms with Gasteiger partial charge in [-0.05, 0) is 19.1 Å². The van der Waals surface area contributed by atoms with Gasteiger partial charge in [-0.3, -0.25) is 9.98 Å². The minimum Gasteiger partial charge on any atom is -0.370 e. The average Bonchev–Trinajstić information content (AvgIpc) is 2.60. The van der Waals surface area contributed by atoms with E-state index in [1.165, 1.54) is 0 Å². The molecule has 2 heterocycles. The number of nitrogens with two attached hydrogens (primary N) is 1. The van der Waals surface area contributed by atoms with Crippen LogP contribution >= 0.6 is 0 Å². The molecule has 1 aliphatic heterocycles. The normalized spacial score (nSPS) is 24.3. The summed E-state index contributed by atoms with van der Waals surface area (Å²) in [5, 5.41) is 0. The van der Waals surface area contributed by atoms with Crippen molar-refractivity contribution < 1.29 is 0 Å². The molecule has 84 valence electrons. The molecule has 2 N–H and O–H groups in total. The summed E-state index contributed by atoms with van der Waals surface area (Å²) in [6.45, 7) is 7.17. The predicted octanol–water partition coefficient (Wildman–Crippen LogP) is 1.11. The number of pyridine rings is 1. The first-order chi connectivity index (χ1) is 7.68. The van der Waals surface area contributed by atoms with Crippen molar-refractivity contribution in [2.75, 3.05) is 13.1 Å². The van der Waals surface area contributed by atoms with Crippen molar-refractivity contribution in [2.45, 2.75) is 12.5 Å². The third-order valence-corrected chi connectivity index (χ3v) is 2.95. The fourth-order valence-corrected chi connectivity index (χ4v) is 1.98. The molecule has 4 nitrogen and oxygen atoms in total. The van der Waals surface area contributed by atoms with Gasteiger partial charge in [0, 0.05) is 12.7 Å². The van der Waals surface area contributed by atoms with E-state index < -0.39 is 0 Å². The van der Waals surface area contributed by atoms with Gasteiger partial charge in [0.05, 0.1) is 12.2 Å². The van der Waals surface area contributed by atoms with E-state index in [0.717, 1.165) is 5.69 Å². The zero-order chi connectivity index (χ0) is 11.6. The summed E-state index contributed by atoms with van der Waals surface area (Å²) < 4.78 is 0. The Labute approximate surface area is 95.5 Å². The number of rotatable bonds is 3. The lowest BCUT2D eigenvalue weighted by Gasteiger charge is -2.34. The summed E-state index contributed by atoms with van der Waals surface area (Å²) in [5.74, 6) is 0.563. The number of nitrogens with zero attached hydrogens (tertiary/aromatic N) is 3. The van der Waals surface area contributed by atoms with Crippen LogP contribution in [-0.2, 0) is 5.54 Å². The van der Waals surface area contributed by atoms with Gasteiger partial charge in [-0.1, -0.05) is 12.1 Å². The van der Waals surface area contributed by atoms with Crippen molar-refractivity contribution in [1.29, 1.82) is 0 Å². The molecular formula is C12H16N4. The van der Waals surface area contributed by atoms with Gasteiger partial charge in [0.1, 0.15) is 5.54 Å². The molecule has 0 radical (unpaired) electrons. The average molecular weight is 216 g/mol. The summed E-state index contributed by atoms with van der Waals surface area (Å²) in [6.07, 6.45) is 3.62. The van der Waals surface area contributed by atoms with Crippen LogP contribution in [0.5, 0.6) is 0 Å². The first kappa shape index (κ1) is 10.7. The Morgan fingerprint density at radius 3 is 3.06 bits per heavy atom. The van der Waals surface area contributed by atoms with Crippen molar-refractivity contribution in [2.24, 2.45) is 10.7 Å². The van der Waals surface area contributed by atoms with Crippen molar-refractivity contribution in [1.82, 2.24) is 9.88 Å². The lowest BCUT2D eigenvalue weighted by atomic mass is 9.96. The Balaban J connectivity index is 2.35.